The van der Waals surface area contributed by atoms with Gasteiger partial charge in [0.25, 0.3) is 0 Å². The Hall–Kier alpha value is -1.82. The van der Waals surface area contributed by atoms with Crippen molar-refractivity contribution in [1.82, 2.24) is 0 Å². The van der Waals surface area contributed by atoms with Gasteiger partial charge in [0.15, 0.2) is 0 Å². The summed E-state index contributed by atoms with van der Waals surface area (Å²) in [4.78, 5) is 12.2. The van der Waals surface area contributed by atoms with Crippen LogP contribution in [0.25, 0.3) is 0 Å². The number of hydrogen-bond donors (Lipinski definition) is 2. The predicted octanol–water partition coefficient (Wildman–Crippen LogP) is 4.71. The average molecular weight is 390 g/mol. The van der Waals surface area contributed by atoms with Gasteiger partial charge in [-0.15, -0.1) is 0 Å². The van der Waals surface area contributed by atoms with Crippen LogP contribution in [0.1, 0.15) is 0 Å². The Morgan fingerprint density at radius 1 is 1.00 bits per heavy atom. The van der Waals surface area contributed by atoms with Gasteiger partial charge in [0.1, 0.15) is 11.5 Å². The SMILES string of the molecule is COc1cc(NC(=O)CNc2cccc(Cl)c2Cl)c(OC)cc1Cl. The van der Waals surface area contributed by atoms with Gasteiger partial charge in [0.2, 0.25) is 5.91 Å². The fourth-order valence-corrected chi connectivity index (χ4v) is 2.57. The summed E-state index contributed by atoms with van der Waals surface area (Å²) in [5, 5.41) is 6.80. The van der Waals surface area contributed by atoms with Gasteiger partial charge >= 0.3 is 0 Å². The molecule has 0 unspecified atom stereocenters. The molecule has 8 heteroatoms. The van der Waals surface area contributed by atoms with Gasteiger partial charge in [-0.05, 0) is 12.1 Å². The zero-order valence-corrected chi connectivity index (χ0v) is 15.2. The minimum absolute atomic E-state index is 0.00580. The topological polar surface area (TPSA) is 59.6 Å². The number of nitrogens with one attached hydrogen (secondary N) is 2. The molecule has 0 aromatic heterocycles. The Morgan fingerprint density at radius 3 is 2.38 bits per heavy atom. The standard InChI is InChI=1S/C16H15Cl3N2O3/c1-23-13-7-12(14(24-2)6-10(13)18)21-15(22)8-20-11-5-3-4-9(17)16(11)19/h3-7,20H,8H2,1-2H3,(H,21,22). The summed E-state index contributed by atoms with van der Waals surface area (Å²) < 4.78 is 10.3. The molecule has 0 aliphatic carbocycles. The number of carbonyl (C=O) groups excluding carboxylic acids is 1. The van der Waals surface area contributed by atoms with Crippen LogP contribution in [0.3, 0.4) is 0 Å². The smallest absolute Gasteiger partial charge is 0.243 e. The summed E-state index contributed by atoms with van der Waals surface area (Å²) in [7, 11) is 2.97. The predicted molar refractivity (Wildman–Crippen MR) is 98.1 cm³/mol. The first kappa shape index (κ1) is 18.5. The molecule has 0 atom stereocenters. The lowest BCUT2D eigenvalue weighted by molar-refractivity contribution is -0.114. The monoisotopic (exact) mass is 388 g/mol. The van der Waals surface area contributed by atoms with Gasteiger partial charge < -0.3 is 20.1 Å². The summed E-state index contributed by atoms with van der Waals surface area (Å²) >= 11 is 18.0. The summed E-state index contributed by atoms with van der Waals surface area (Å²) in [6, 6.07) is 8.29. The minimum atomic E-state index is -0.297. The molecule has 128 valence electrons. The van der Waals surface area contributed by atoms with Crippen LogP contribution in [0, 0.1) is 0 Å². The van der Waals surface area contributed by atoms with E-state index in [9.17, 15) is 4.79 Å². The third kappa shape index (κ3) is 4.38. The number of amides is 1. The Labute approximate surface area is 154 Å². The van der Waals surface area contributed by atoms with E-state index in [1.807, 2.05) is 0 Å². The van der Waals surface area contributed by atoms with Crippen molar-refractivity contribution in [2.75, 3.05) is 31.4 Å². The second-order valence-corrected chi connectivity index (χ2v) is 5.88. The minimum Gasteiger partial charge on any atom is -0.495 e. The van der Waals surface area contributed by atoms with E-state index in [1.54, 1.807) is 30.3 Å². The maximum absolute atomic E-state index is 12.2. The molecule has 2 aromatic carbocycles. The first-order valence-electron chi connectivity index (χ1n) is 6.85. The van der Waals surface area contributed by atoms with E-state index in [4.69, 9.17) is 44.3 Å². The van der Waals surface area contributed by atoms with Crippen molar-refractivity contribution in [3.63, 3.8) is 0 Å². The van der Waals surface area contributed by atoms with Gasteiger partial charge in [-0.25, -0.2) is 0 Å². The zero-order valence-electron chi connectivity index (χ0n) is 13.0. The largest absolute Gasteiger partial charge is 0.495 e. The number of hydrogen-bond acceptors (Lipinski definition) is 4. The van der Waals surface area contributed by atoms with Crippen molar-refractivity contribution in [3.05, 3.63) is 45.4 Å². The van der Waals surface area contributed by atoms with E-state index in [0.717, 1.165) is 0 Å². The number of halogens is 3. The van der Waals surface area contributed by atoms with E-state index >= 15 is 0 Å². The van der Waals surface area contributed by atoms with Crippen LogP contribution >= 0.6 is 34.8 Å². The molecule has 0 bridgehead atoms. The molecule has 0 aliphatic rings. The second-order valence-electron chi connectivity index (χ2n) is 4.69. The van der Waals surface area contributed by atoms with Crippen LogP contribution in [0.5, 0.6) is 11.5 Å². The molecule has 0 fully saturated rings. The second kappa shape index (κ2) is 8.33. The van der Waals surface area contributed by atoms with Crippen LogP contribution in [0.4, 0.5) is 11.4 Å². The molecule has 0 saturated heterocycles. The molecule has 0 heterocycles. The highest BCUT2D eigenvalue weighted by Gasteiger charge is 2.13. The number of ether oxygens (including phenoxy) is 2. The first-order valence-corrected chi connectivity index (χ1v) is 7.99. The number of benzene rings is 2. The first-order chi connectivity index (χ1) is 11.5. The molecule has 0 saturated carbocycles. The third-order valence-corrected chi connectivity index (χ3v) is 4.25. The summed E-state index contributed by atoms with van der Waals surface area (Å²) in [5.41, 5.74) is 1.02. The maximum Gasteiger partial charge on any atom is 0.243 e. The molecule has 24 heavy (non-hydrogen) atoms. The van der Waals surface area contributed by atoms with Crippen molar-refractivity contribution in [2.24, 2.45) is 0 Å². The number of carbonyl (C=O) groups is 1. The van der Waals surface area contributed by atoms with Crippen molar-refractivity contribution < 1.29 is 14.3 Å². The van der Waals surface area contributed by atoms with Crippen molar-refractivity contribution in [3.8, 4) is 11.5 Å². The van der Waals surface area contributed by atoms with E-state index in [2.05, 4.69) is 10.6 Å². The number of rotatable bonds is 6. The molecule has 0 aliphatic heterocycles. The summed E-state index contributed by atoms with van der Waals surface area (Å²) in [6.07, 6.45) is 0. The average Bonchev–Trinajstić information content (AvgIpc) is 2.57. The number of methoxy groups -OCH3 is 2. The van der Waals surface area contributed by atoms with Gasteiger partial charge in [-0.2, -0.15) is 0 Å². The van der Waals surface area contributed by atoms with Gasteiger partial charge in [0.05, 0.1) is 47.2 Å². The van der Waals surface area contributed by atoms with E-state index in [1.165, 1.54) is 14.2 Å². The fourth-order valence-electron chi connectivity index (χ4n) is 1.97. The molecule has 5 nitrogen and oxygen atoms in total. The highest BCUT2D eigenvalue weighted by molar-refractivity contribution is 6.43. The lowest BCUT2D eigenvalue weighted by atomic mass is 10.2. The molecule has 2 N–H and O–H groups in total. The molecule has 0 spiro atoms. The summed E-state index contributed by atoms with van der Waals surface area (Å²) in [6.45, 7) is -0.00580. The number of anilines is 2. The lowest BCUT2D eigenvalue weighted by Gasteiger charge is -2.14. The van der Waals surface area contributed by atoms with Crippen molar-refractivity contribution in [1.29, 1.82) is 0 Å². The van der Waals surface area contributed by atoms with Crippen molar-refractivity contribution in [2.45, 2.75) is 0 Å². The van der Waals surface area contributed by atoms with Crippen LogP contribution in [-0.4, -0.2) is 26.7 Å². The Morgan fingerprint density at radius 2 is 1.71 bits per heavy atom. The molecule has 0 radical (unpaired) electrons. The van der Waals surface area contributed by atoms with Gasteiger partial charge in [-0.1, -0.05) is 40.9 Å². The summed E-state index contributed by atoms with van der Waals surface area (Å²) in [5.74, 6) is 0.558. The van der Waals surface area contributed by atoms with Crippen LogP contribution in [-0.2, 0) is 4.79 Å². The van der Waals surface area contributed by atoms with Crippen LogP contribution < -0.4 is 20.1 Å². The van der Waals surface area contributed by atoms with E-state index < -0.39 is 0 Å². The fraction of sp³-hybridized carbons (Fsp3) is 0.188. The third-order valence-electron chi connectivity index (χ3n) is 3.14. The van der Waals surface area contributed by atoms with Gasteiger partial charge in [0, 0.05) is 12.1 Å². The van der Waals surface area contributed by atoms with Crippen molar-refractivity contribution >= 4 is 52.1 Å². The molecular weight excluding hydrogens is 375 g/mol. The Bertz CT molecular complexity index is 754. The van der Waals surface area contributed by atoms with Crippen LogP contribution in [0.2, 0.25) is 15.1 Å². The molecule has 2 rings (SSSR count). The molecule has 2 aromatic rings. The highest BCUT2D eigenvalue weighted by Crippen LogP contribution is 2.36. The van der Waals surface area contributed by atoms with E-state index in [0.29, 0.717) is 37.9 Å². The van der Waals surface area contributed by atoms with Gasteiger partial charge in [-0.3, -0.25) is 4.79 Å². The van der Waals surface area contributed by atoms with E-state index in [-0.39, 0.29) is 12.5 Å². The van der Waals surface area contributed by atoms with Crippen LogP contribution in [0.15, 0.2) is 30.3 Å². The maximum atomic E-state index is 12.2. The quantitative estimate of drug-likeness (QED) is 0.751. The molecular formula is C16H15Cl3N2O3. The highest BCUT2D eigenvalue weighted by atomic mass is 35.5. The lowest BCUT2D eigenvalue weighted by Crippen LogP contribution is -2.22. The zero-order chi connectivity index (χ0) is 17.7. The Kier molecular flexibility index (Phi) is 6.43. The Balaban J connectivity index is 2.08. The molecule has 1 amide bonds. The normalized spacial score (nSPS) is 10.2.